The number of likely N-dealkylation sites (N-methyl/N-ethyl adjacent to an activating group) is 1. The van der Waals surface area contributed by atoms with Gasteiger partial charge in [0.2, 0.25) is 0 Å². The molecule has 0 aliphatic rings. The summed E-state index contributed by atoms with van der Waals surface area (Å²) in [5, 5.41) is 5.72. The Morgan fingerprint density at radius 2 is 1.95 bits per heavy atom. The molecule has 0 saturated carbocycles. The number of halogens is 1. The highest BCUT2D eigenvalue weighted by Crippen LogP contribution is 2.29. The Morgan fingerprint density at radius 3 is 2.52 bits per heavy atom. The Morgan fingerprint density at radius 1 is 1.19 bits per heavy atom. The van der Waals surface area contributed by atoms with Crippen LogP contribution < -0.4 is 5.32 Å². The van der Waals surface area contributed by atoms with E-state index in [2.05, 4.69) is 70.8 Å². The molecule has 0 aliphatic carbocycles. The van der Waals surface area contributed by atoms with Crippen LogP contribution >= 0.6 is 27.3 Å². The van der Waals surface area contributed by atoms with Crippen LogP contribution in [0.4, 0.5) is 0 Å². The lowest BCUT2D eigenvalue weighted by molar-refractivity contribution is 0.0338. The highest BCUT2D eigenvalue weighted by atomic mass is 79.9. The predicted molar refractivity (Wildman–Crippen MR) is 94.0 cm³/mol. The number of ether oxygens (including phenoxy) is 1. The molecule has 1 N–H and O–H groups in total. The van der Waals surface area contributed by atoms with Crippen LogP contribution in [-0.2, 0) is 11.2 Å². The summed E-state index contributed by atoms with van der Waals surface area (Å²) in [5.41, 5.74) is 1.23. The highest BCUT2D eigenvalue weighted by Gasteiger charge is 2.24. The molecule has 21 heavy (non-hydrogen) atoms. The average molecular weight is 368 g/mol. The molecule has 114 valence electrons. The molecule has 1 heterocycles. The SMILES string of the molecule is CCNC(Cc1sccc1Br)C(OCC)c1ccccc1. The van der Waals surface area contributed by atoms with Gasteiger partial charge in [0.25, 0.3) is 0 Å². The molecule has 2 rings (SSSR count). The molecule has 2 nitrogen and oxygen atoms in total. The molecule has 1 aromatic heterocycles. The summed E-state index contributed by atoms with van der Waals surface area (Å²) < 4.78 is 7.25. The number of rotatable bonds is 8. The molecule has 0 saturated heterocycles. The van der Waals surface area contributed by atoms with Crippen molar-refractivity contribution in [3.8, 4) is 0 Å². The molecule has 0 spiro atoms. The number of benzene rings is 1. The van der Waals surface area contributed by atoms with Crippen LogP contribution in [-0.4, -0.2) is 19.2 Å². The first-order valence-corrected chi connectivity index (χ1v) is 9.05. The first-order chi connectivity index (χ1) is 10.3. The van der Waals surface area contributed by atoms with Gasteiger partial charge in [-0.2, -0.15) is 0 Å². The van der Waals surface area contributed by atoms with E-state index in [1.54, 1.807) is 11.3 Å². The quantitative estimate of drug-likeness (QED) is 0.722. The van der Waals surface area contributed by atoms with Crippen LogP contribution in [0.1, 0.15) is 30.4 Å². The summed E-state index contributed by atoms with van der Waals surface area (Å²) in [6.07, 6.45) is 1.04. The summed E-state index contributed by atoms with van der Waals surface area (Å²) in [6.45, 7) is 5.85. The van der Waals surface area contributed by atoms with Crippen LogP contribution in [0.5, 0.6) is 0 Å². The molecular formula is C17H22BrNOS. The van der Waals surface area contributed by atoms with Gasteiger partial charge in [0.05, 0.1) is 6.10 Å². The monoisotopic (exact) mass is 367 g/mol. The average Bonchev–Trinajstić information content (AvgIpc) is 2.91. The Kier molecular flexibility index (Phi) is 6.90. The van der Waals surface area contributed by atoms with Crippen LogP contribution in [0.3, 0.4) is 0 Å². The molecule has 1 aromatic carbocycles. The highest BCUT2D eigenvalue weighted by molar-refractivity contribution is 9.10. The summed E-state index contributed by atoms with van der Waals surface area (Å²) >= 11 is 5.42. The molecule has 2 aromatic rings. The van der Waals surface area contributed by atoms with E-state index in [9.17, 15) is 0 Å². The Hall–Kier alpha value is -0.680. The molecule has 0 aliphatic heterocycles. The van der Waals surface area contributed by atoms with Gasteiger partial charge in [-0.15, -0.1) is 11.3 Å². The Balaban J connectivity index is 2.22. The Labute approximate surface area is 139 Å². The van der Waals surface area contributed by atoms with E-state index in [-0.39, 0.29) is 12.1 Å². The van der Waals surface area contributed by atoms with Crippen LogP contribution in [0.25, 0.3) is 0 Å². The van der Waals surface area contributed by atoms with Crippen molar-refractivity contribution in [2.24, 2.45) is 0 Å². The summed E-state index contributed by atoms with van der Waals surface area (Å²) in [7, 11) is 0. The first-order valence-electron chi connectivity index (χ1n) is 7.38. The lowest BCUT2D eigenvalue weighted by Crippen LogP contribution is -2.38. The van der Waals surface area contributed by atoms with E-state index in [0.29, 0.717) is 6.61 Å². The van der Waals surface area contributed by atoms with Crippen LogP contribution in [0, 0.1) is 0 Å². The van der Waals surface area contributed by atoms with E-state index in [1.807, 2.05) is 6.07 Å². The van der Waals surface area contributed by atoms with Gasteiger partial charge >= 0.3 is 0 Å². The number of hydrogen-bond acceptors (Lipinski definition) is 3. The summed E-state index contributed by atoms with van der Waals surface area (Å²) in [4.78, 5) is 1.36. The third kappa shape index (κ3) is 4.65. The molecule has 0 amide bonds. The van der Waals surface area contributed by atoms with Crippen molar-refractivity contribution in [3.63, 3.8) is 0 Å². The van der Waals surface area contributed by atoms with Gasteiger partial charge in [0.15, 0.2) is 0 Å². The van der Waals surface area contributed by atoms with Gasteiger partial charge in [0.1, 0.15) is 0 Å². The van der Waals surface area contributed by atoms with Crippen molar-refractivity contribution in [2.75, 3.05) is 13.2 Å². The van der Waals surface area contributed by atoms with Crippen molar-refractivity contribution in [1.29, 1.82) is 0 Å². The van der Waals surface area contributed by atoms with Crippen molar-refractivity contribution in [1.82, 2.24) is 5.32 Å². The minimum absolute atomic E-state index is 0.0742. The first kappa shape index (κ1) is 16.7. The molecule has 0 radical (unpaired) electrons. The Bertz CT molecular complexity index is 529. The smallest absolute Gasteiger partial charge is 0.0981 e. The second-order valence-electron chi connectivity index (χ2n) is 4.85. The van der Waals surface area contributed by atoms with Gasteiger partial charge in [-0.05, 0) is 46.4 Å². The van der Waals surface area contributed by atoms with Crippen LogP contribution in [0.15, 0.2) is 46.3 Å². The fourth-order valence-corrected chi connectivity index (χ4v) is 4.06. The lowest BCUT2D eigenvalue weighted by atomic mass is 9.98. The zero-order valence-electron chi connectivity index (χ0n) is 12.5. The van der Waals surface area contributed by atoms with E-state index in [4.69, 9.17) is 4.74 Å². The second kappa shape index (κ2) is 8.69. The van der Waals surface area contributed by atoms with Crippen molar-refractivity contribution in [2.45, 2.75) is 32.4 Å². The fourth-order valence-electron chi connectivity index (χ4n) is 2.49. The number of thiophene rings is 1. The molecule has 2 unspecified atom stereocenters. The zero-order chi connectivity index (χ0) is 15.1. The van der Waals surface area contributed by atoms with Gasteiger partial charge < -0.3 is 10.1 Å². The standard InChI is InChI=1S/C17H22BrNOS/c1-3-19-15(12-16-14(18)10-11-21-16)17(20-4-2)13-8-6-5-7-9-13/h5-11,15,17,19H,3-4,12H2,1-2H3. The van der Waals surface area contributed by atoms with Gasteiger partial charge in [-0.1, -0.05) is 37.3 Å². The predicted octanol–water partition coefficient (Wildman–Crippen LogP) is 4.81. The molecule has 4 heteroatoms. The second-order valence-corrected chi connectivity index (χ2v) is 6.70. The molecule has 0 fully saturated rings. The number of hydrogen-bond donors (Lipinski definition) is 1. The summed E-state index contributed by atoms with van der Waals surface area (Å²) in [6, 6.07) is 12.9. The largest absolute Gasteiger partial charge is 0.372 e. The number of nitrogens with one attached hydrogen (secondary N) is 1. The van der Waals surface area contributed by atoms with E-state index < -0.39 is 0 Å². The maximum Gasteiger partial charge on any atom is 0.0981 e. The van der Waals surface area contributed by atoms with Crippen LogP contribution in [0.2, 0.25) is 0 Å². The van der Waals surface area contributed by atoms with E-state index >= 15 is 0 Å². The maximum absolute atomic E-state index is 6.06. The van der Waals surface area contributed by atoms with Gasteiger partial charge in [-0.25, -0.2) is 0 Å². The fraction of sp³-hybridized carbons (Fsp3) is 0.412. The third-order valence-electron chi connectivity index (χ3n) is 3.40. The third-order valence-corrected chi connectivity index (χ3v) is 5.35. The normalized spacial score (nSPS) is 14.0. The minimum Gasteiger partial charge on any atom is -0.372 e. The maximum atomic E-state index is 6.06. The van der Waals surface area contributed by atoms with Crippen molar-refractivity contribution in [3.05, 3.63) is 56.7 Å². The molecule has 2 atom stereocenters. The molecular weight excluding hydrogens is 346 g/mol. The zero-order valence-corrected chi connectivity index (χ0v) is 14.9. The van der Waals surface area contributed by atoms with Crippen molar-refractivity contribution >= 4 is 27.3 Å². The van der Waals surface area contributed by atoms with E-state index in [0.717, 1.165) is 13.0 Å². The minimum atomic E-state index is 0.0742. The molecule has 0 bridgehead atoms. The topological polar surface area (TPSA) is 21.3 Å². The lowest BCUT2D eigenvalue weighted by Gasteiger charge is -2.28. The van der Waals surface area contributed by atoms with Gasteiger partial charge in [-0.3, -0.25) is 0 Å². The van der Waals surface area contributed by atoms with E-state index in [1.165, 1.54) is 14.9 Å². The van der Waals surface area contributed by atoms with Gasteiger partial charge in [0, 0.05) is 28.4 Å². The summed E-state index contributed by atoms with van der Waals surface area (Å²) in [5.74, 6) is 0. The van der Waals surface area contributed by atoms with Crippen molar-refractivity contribution < 1.29 is 4.74 Å².